The van der Waals surface area contributed by atoms with E-state index in [1.165, 1.54) is 12.0 Å². The van der Waals surface area contributed by atoms with E-state index in [0.29, 0.717) is 17.7 Å². The lowest BCUT2D eigenvalue weighted by atomic mass is 9.97. The van der Waals surface area contributed by atoms with Crippen molar-refractivity contribution in [1.82, 2.24) is 10.2 Å². The van der Waals surface area contributed by atoms with Crippen molar-refractivity contribution < 1.29 is 4.79 Å². The van der Waals surface area contributed by atoms with Gasteiger partial charge in [0.2, 0.25) is 5.91 Å². The lowest BCUT2D eigenvalue weighted by molar-refractivity contribution is -0.133. The number of carbonyl (C=O) groups excluding carboxylic acids is 1. The molecule has 1 fully saturated rings. The van der Waals surface area contributed by atoms with Crippen LogP contribution in [0.1, 0.15) is 32.3 Å². The summed E-state index contributed by atoms with van der Waals surface area (Å²) in [6.07, 6.45) is 2.36. The Morgan fingerprint density at radius 3 is 2.67 bits per heavy atom. The van der Waals surface area contributed by atoms with Crippen LogP contribution in [0.15, 0.2) is 30.3 Å². The highest BCUT2D eigenvalue weighted by Gasteiger charge is 2.30. The smallest absolute Gasteiger partial charge is 0.235 e. The van der Waals surface area contributed by atoms with Gasteiger partial charge in [-0.2, -0.15) is 0 Å². The number of thioether (sulfide) groups is 1. The van der Waals surface area contributed by atoms with Crippen LogP contribution in [0.3, 0.4) is 0 Å². The summed E-state index contributed by atoms with van der Waals surface area (Å²) < 4.78 is 0. The van der Waals surface area contributed by atoms with E-state index in [9.17, 15) is 4.79 Å². The molecule has 1 aliphatic rings. The fourth-order valence-corrected chi connectivity index (χ4v) is 4.45. The first kappa shape index (κ1) is 21.3. The third-order valence-electron chi connectivity index (χ3n) is 4.44. The highest BCUT2D eigenvalue weighted by atomic mass is 35.5. The fraction of sp³-hybridized carbons (Fsp3) is 0.632. The van der Waals surface area contributed by atoms with Crippen molar-refractivity contribution >= 4 is 30.1 Å². The van der Waals surface area contributed by atoms with E-state index in [4.69, 9.17) is 0 Å². The SMILES string of the molecule is CNCC1CCCN(C(=O)C(SCc2ccccc2)C(C)C)C1.Cl. The number of carbonyl (C=O) groups is 1. The molecule has 24 heavy (non-hydrogen) atoms. The minimum absolute atomic E-state index is 0. The number of rotatable bonds is 7. The minimum Gasteiger partial charge on any atom is -0.341 e. The van der Waals surface area contributed by atoms with Gasteiger partial charge in [0.15, 0.2) is 0 Å². The van der Waals surface area contributed by atoms with Crippen LogP contribution >= 0.6 is 24.2 Å². The molecule has 2 atom stereocenters. The molecule has 0 spiro atoms. The van der Waals surface area contributed by atoms with Crippen molar-refractivity contribution in [3.8, 4) is 0 Å². The molecule has 1 aromatic rings. The van der Waals surface area contributed by atoms with Crippen LogP contribution in [0.2, 0.25) is 0 Å². The normalized spacial score (nSPS) is 19.0. The summed E-state index contributed by atoms with van der Waals surface area (Å²) in [5.74, 6) is 2.20. The zero-order valence-corrected chi connectivity index (χ0v) is 16.7. The molecule has 0 aromatic heterocycles. The Balaban J connectivity index is 0.00000288. The Morgan fingerprint density at radius 2 is 2.04 bits per heavy atom. The monoisotopic (exact) mass is 370 g/mol. The fourth-order valence-electron chi connectivity index (χ4n) is 3.21. The molecule has 0 aliphatic carbocycles. The molecule has 2 rings (SSSR count). The number of likely N-dealkylation sites (tertiary alicyclic amines) is 1. The Labute approximate surface area is 157 Å². The van der Waals surface area contributed by atoms with Crippen molar-refractivity contribution in [2.75, 3.05) is 26.7 Å². The second-order valence-electron chi connectivity index (χ2n) is 6.81. The lowest BCUT2D eigenvalue weighted by Crippen LogP contribution is -2.47. The van der Waals surface area contributed by atoms with Gasteiger partial charge in [0.05, 0.1) is 5.25 Å². The Morgan fingerprint density at radius 1 is 1.33 bits per heavy atom. The largest absolute Gasteiger partial charge is 0.341 e. The Hall–Kier alpha value is -0.710. The molecule has 1 aliphatic heterocycles. The number of nitrogens with zero attached hydrogens (tertiary/aromatic N) is 1. The molecule has 1 heterocycles. The van der Waals surface area contributed by atoms with Crippen molar-refractivity contribution in [1.29, 1.82) is 0 Å². The third-order valence-corrected chi connectivity index (χ3v) is 6.05. The van der Waals surface area contributed by atoms with Crippen molar-refractivity contribution in [2.24, 2.45) is 11.8 Å². The molecule has 0 bridgehead atoms. The molecule has 1 amide bonds. The maximum Gasteiger partial charge on any atom is 0.235 e. The highest BCUT2D eigenvalue weighted by Crippen LogP contribution is 2.27. The summed E-state index contributed by atoms with van der Waals surface area (Å²) in [6.45, 7) is 7.17. The van der Waals surface area contributed by atoms with Gasteiger partial charge in [-0.05, 0) is 43.8 Å². The van der Waals surface area contributed by atoms with Gasteiger partial charge in [-0.1, -0.05) is 44.2 Å². The average Bonchev–Trinajstić information content (AvgIpc) is 2.56. The Kier molecular flexibility index (Phi) is 9.79. The van der Waals surface area contributed by atoms with E-state index in [2.05, 4.69) is 48.3 Å². The van der Waals surface area contributed by atoms with Crippen molar-refractivity contribution in [3.63, 3.8) is 0 Å². The first-order chi connectivity index (χ1) is 11.1. The summed E-state index contributed by atoms with van der Waals surface area (Å²) in [5.41, 5.74) is 1.29. The second-order valence-corrected chi connectivity index (χ2v) is 7.94. The van der Waals surface area contributed by atoms with Gasteiger partial charge in [0.1, 0.15) is 0 Å². The molecular formula is C19H31ClN2OS. The summed E-state index contributed by atoms with van der Waals surface area (Å²) in [6, 6.07) is 10.4. The van der Waals surface area contributed by atoms with E-state index in [-0.39, 0.29) is 17.7 Å². The van der Waals surface area contributed by atoms with Crippen LogP contribution in [0.4, 0.5) is 0 Å². The summed E-state index contributed by atoms with van der Waals surface area (Å²) in [4.78, 5) is 15.1. The molecule has 1 aromatic carbocycles. The Bertz CT molecular complexity index is 482. The number of amides is 1. The zero-order valence-electron chi connectivity index (χ0n) is 15.0. The van der Waals surface area contributed by atoms with Gasteiger partial charge in [-0.15, -0.1) is 24.2 Å². The molecule has 1 saturated heterocycles. The molecule has 0 saturated carbocycles. The van der Waals surface area contributed by atoms with E-state index in [1.807, 2.05) is 13.1 Å². The van der Waals surface area contributed by atoms with Crippen LogP contribution < -0.4 is 5.32 Å². The number of nitrogens with one attached hydrogen (secondary N) is 1. The van der Waals surface area contributed by atoms with Gasteiger partial charge in [-0.3, -0.25) is 4.79 Å². The standard InChI is InChI=1S/C19H30N2OS.ClH/c1-15(2)18(23-14-16-8-5-4-6-9-16)19(22)21-11-7-10-17(13-21)12-20-3;/h4-6,8-9,15,17-18,20H,7,10-14H2,1-3H3;1H. The molecule has 5 heteroatoms. The third kappa shape index (κ3) is 6.30. The van der Waals surface area contributed by atoms with Gasteiger partial charge >= 0.3 is 0 Å². The highest BCUT2D eigenvalue weighted by molar-refractivity contribution is 7.99. The van der Waals surface area contributed by atoms with Crippen molar-refractivity contribution in [2.45, 2.75) is 37.7 Å². The molecular weight excluding hydrogens is 340 g/mol. The summed E-state index contributed by atoms with van der Waals surface area (Å²) in [7, 11) is 1.99. The van der Waals surface area contributed by atoms with E-state index in [0.717, 1.165) is 31.8 Å². The molecule has 0 radical (unpaired) electrons. The van der Waals surface area contributed by atoms with Crippen LogP contribution in [-0.4, -0.2) is 42.7 Å². The zero-order chi connectivity index (χ0) is 16.7. The number of hydrogen-bond acceptors (Lipinski definition) is 3. The van der Waals surface area contributed by atoms with E-state index in [1.54, 1.807) is 11.8 Å². The minimum atomic E-state index is 0. The topological polar surface area (TPSA) is 32.3 Å². The van der Waals surface area contributed by atoms with Gasteiger partial charge in [0, 0.05) is 18.8 Å². The second kappa shape index (κ2) is 11.0. The number of piperidine rings is 1. The predicted octanol–water partition coefficient (Wildman–Crippen LogP) is 3.82. The van der Waals surface area contributed by atoms with Crippen LogP contribution in [-0.2, 0) is 10.5 Å². The maximum absolute atomic E-state index is 13.0. The number of halogens is 1. The molecule has 1 N–H and O–H groups in total. The predicted molar refractivity (Wildman–Crippen MR) is 107 cm³/mol. The lowest BCUT2D eigenvalue weighted by Gasteiger charge is -2.35. The van der Waals surface area contributed by atoms with Crippen LogP contribution in [0, 0.1) is 11.8 Å². The average molecular weight is 371 g/mol. The van der Waals surface area contributed by atoms with Crippen LogP contribution in [0.5, 0.6) is 0 Å². The quantitative estimate of drug-likeness (QED) is 0.791. The van der Waals surface area contributed by atoms with E-state index < -0.39 is 0 Å². The van der Waals surface area contributed by atoms with Crippen molar-refractivity contribution in [3.05, 3.63) is 35.9 Å². The molecule has 3 nitrogen and oxygen atoms in total. The van der Waals surface area contributed by atoms with E-state index >= 15 is 0 Å². The molecule has 2 unspecified atom stereocenters. The first-order valence-electron chi connectivity index (χ1n) is 8.70. The number of benzene rings is 1. The molecule has 136 valence electrons. The van der Waals surface area contributed by atoms with Gasteiger partial charge in [0.25, 0.3) is 0 Å². The maximum atomic E-state index is 13.0. The number of hydrogen-bond donors (Lipinski definition) is 1. The van der Waals surface area contributed by atoms with Gasteiger partial charge in [-0.25, -0.2) is 0 Å². The summed E-state index contributed by atoms with van der Waals surface area (Å²) >= 11 is 1.79. The first-order valence-corrected chi connectivity index (χ1v) is 9.75. The van der Waals surface area contributed by atoms with Crippen LogP contribution in [0.25, 0.3) is 0 Å². The van der Waals surface area contributed by atoms with Gasteiger partial charge < -0.3 is 10.2 Å². The summed E-state index contributed by atoms with van der Waals surface area (Å²) in [5, 5.41) is 3.31.